The Labute approximate surface area is 132 Å². The van der Waals surface area contributed by atoms with Gasteiger partial charge >= 0.3 is 6.09 Å². The van der Waals surface area contributed by atoms with Crippen LogP contribution >= 0.6 is 11.8 Å². The molecule has 0 spiro atoms. The number of amides is 1. The van der Waals surface area contributed by atoms with E-state index in [0.717, 1.165) is 35.6 Å². The fraction of sp³-hybridized carbons (Fsp3) is 0.643. The molecule has 0 atom stereocenters. The van der Waals surface area contributed by atoms with Crippen molar-refractivity contribution < 1.29 is 9.53 Å². The number of carbonyl (C=O) groups excluding carboxylic acids is 1. The van der Waals surface area contributed by atoms with E-state index in [4.69, 9.17) is 4.74 Å². The van der Waals surface area contributed by atoms with Crippen LogP contribution in [-0.2, 0) is 16.2 Å². The number of carbonyl (C=O) groups is 1. The molecule has 1 fully saturated rings. The molecule has 120 valence electrons. The van der Waals surface area contributed by atoms with Crippen molar-refractivity contribution in [1.82, 2.24) is 14.9 Å². The van der Waals surface area contributed by atoms with Crippen molar-refractivity contribution in [3.63, 3.8) is 0 Å². The van der Waals surface area contributed by atoms with E-state index in [2.05, 4.69) is 15.3 Å². The summed E-state index contributed by atoms with van der Waals surface area (Å²) < 4.78 is 5.01. The SMILES string of the molecule is CCOC(=O)N1CCC(Nc2nc3c(c(=O)[nH]2)CSC3)CC1. The highest BCUT2D eigenvalue weighted by Crippen LogP contribution is 2.26. The summed E-state index contributed by atoms with van der Waals surface area (Å²) in [5.74, 6) is 2.09. The number of aromatic nitrogens is 2. The van der Waals surface area contributed by atoms with Crippen molar-refractivity contribution in [2.45, 2.75) is 37.3 Å². The van der Waals surface area contributed by atoms with Gasteiger partial charge in [0.25, 0.3) is 5.56 Å². The Morgan fingerprint density at radius 3 is 2.95 bits per heavy atom. The minimum absolute atomic E-state index is 0.0403. The zero-order valence-electron chi connectivity index (χ0n) is 12.6. The maximum Gasteiger partial charge on any atom is 0.409 e. The Morgan fingerprint density at radius 1 is 1.45 bits per heavy atom. The van der Waals surface area contributed by atoms with Crippen LogP contribution < -0.4 is 10.9 Å². The van der Waals surface area contributed by atoms with Gasteiger partial charge in [0, 0.05) is 36.2 Å². The summed E-state index contributed by atoms with van der Waals surface area (Å²) in [6, 6.07) is 0.209. The summed E-state index contributed by atoms with van der Waals surface area (Å²) in [4.78, 5) is 32.7. The highest BCUT2D eigenvalue weighted by molar-refractivity contribution is 7.98. The predicted molar refractivity (Wildman–Crippen MR) is 85.1 cm³/mol. The number of anilines is 1. The molecular formula is C14H20N4O3S. The van der Waals surface area contributed by atoms with Gasteiger partial charge in [-0.2, -0.15) is 11.8 Å². The lowest BCUT2D eigenvalue weighted by Gasteiger charge is -2.31. The highest BCUT2D eigenvalue weighted by Gasteiger charge is 2.24. The second kappa shape index (κ2) is 6.60. The number of thioether (sulfide) groups is 1. The Hall–Kier alpha value is -1.70. The van der Waals surface area contributed by atoms with E-state index in [1.165, 1.54) is 0 Å². The smallest absolute Gasteiger partial charge is 0.409 e. The predicted octanol–water partition coefficient (Wildman–Crippen LogP) is 1.55. The van der Waals surface area contributed by atoms with Crippen LogP contribution in [0.1, 0.15) is 31.0 Å². The summed E-state index contributed by atoms with van der Waals surface area (Å²) in [6.07, 6.45) is 1.38. The summed E-state index contributed by atoms with van der Waals surface area (Å²) in [5, 5.41) is 3.29. The molecule has 2 N–H and O–H groups in total. The molecule has 0 bridgehead atoms. The Bertz CT molecular complexity index is 611. The Kier molecular flexibility index (Phi) is 4.56. The van der Waals surface area contributed by atoms with Crippen molar-refractivity contribution in [3.8, 4) is 0 Å². The van der Waals surface area contributed by atoms with Crippen molar-refractivity contribution in [3.05, 3.63) is 21.6 Å². The lowest BCUT2D eigenvalue weighted by atomic mass is 10.1. The molecule has 2 aliphatic heterocycles. The molecule has 0 aliphatic carbocycles. The first-order chi connectivity index (χ1) is 10.7. The van der Waals surface area contributed by atoms with Crippen LogP contribution in [0.25, 0.3) is 0 Å². The molecular weight excluding hydrogens is 304 g/mol. The van der Waals surface area contributed by atoms with Crippen molar-refractivity contribution in [1.29, 1.82) is 0 Å². The number of nitrogens with zero attached hydrogens (tertiary/aromatic N) is 2. The number of fused-ring (bicyclic) bond motifs is 1. The fourth-order valence-corrected chi connectivity index (χ4v) is 3.78. The van der Waals surface area contributed by atoms with Crippen LogP contribution in [0.15, 0.2) is 4.79 Å². The summed E-state index contributed by atoms with van der Waals surface area (Å²) in [7, 11) is 0. The first-order valence-electron chi connectivity index (χ1n) is 7.55. The van der Waals surface area contributed by atoms with Crippen LogP contribution in [0.3, 0.4) is 0 Å². The van der Waals surface area contributed by atoms with Gasteiger partial charge in [-0.05, 0) is 19.8 Å². The van der Waals surface area contributed by atoms with Crippen LogP contribution in [0.5, 0.6) is 0 Å². The zero-order valence-corrected chi connectivity index (χ0v) is 13.4. The number of rotatable bonds is 3. The molecule has 3 heterocycles. The third-order valence-corrected chi connectivity index (χ3v) is 4.92. The standard InChI is InChI=1S/C14H20N4O3S/c1-2-21-14(20)18-5-3-9(4-6-18)15-13-16-11-8-22-7-10(11)12(19)17-13/h9H,2-8H2,1H3,(H2,15,16,17,19). The van der Waals surface area contributed by atoms with Gasteiger partial charge < -0.3 is 15.0 Å². The molecule has 2 aliphatic rings. The lowest BCUT2D eigenvalue weighted by Crippen LogP contribution is -2.43. The number of hydrogen-bond acceptors (Lipinski definition) is 6. The monoisotopic (exact) mass is 324 g/mol. The molecule has 1 aromatic rings. The minimum Gasteiger partial charge on any atom is -0.450 e. The van der Waals surface area contributed by atoms with Crippen LogP contribution in [-0.4, -0.2) is 46.7 Å². The molecule has 1 aromatic heterocycles. The van der Waals surface area contributed by atoms with Gasteiger partial charge in [0.1, 0.15) is 0 Å². The van der Waals surface area contributed by atoms with Crippen LogP contribution in [0, 0.1) is 0 Å². The van der Waals surface area contributed by atoms with Gasteiger partial charge in [0.2, 0.25) is 5.95 Å². The minimum atomic E-state index is -0.248. The topological polar surface area (TPSA) is 87.3 Å². The Balaban J connectivity index is 1.58. The number of hydrogen-bond donors (Lipinski definition) is 2. The second-order valence-electron chi connectivity index (χ2n) is 5.44. The largest absolute Gasteiger partial charge is 0.450 e. The van der Waals surface area contributed by atoms with Crippen LogP contribution in [0.4, 0.5) is 10.7 Å². The van der Waals surface area contributed by atoms with E-state index >= 15 is 0 Å². The van der Waals surface area contributed by atoms with Gasteiger partial charge in [-0.25, -0.2) is 9.78 Å². The van der Waals surface area contributed by atoms with Gasteiger partial charge in [-0.1, -0.05) is 0 Å². The summed E-state index contributed by atoms with van der Waals surface area (Å²) in [6.45, 7) is 3.51. The first kappa shape index (κ1) is 15.2. The van der Waals surface area contributed by atoms with Gasteiger partial charge in [0.15, 0.2) is 0 Å². The van der Waals surface area contributed by atoms with E-state index in [-0.39, 0.29) is 17.7 Å². The molecule has 8 heteroatoms. The number of piperidine rings is 1. The number of aromatic amines is 1. The maximum atomic E-state index is 12.0. The molecule has 7 nitrogen and oxygen atoms in total. The number of likely N-dealkylation sites (tertiary alicyclic amines) is 1. The molecule has 1 saturated heterocycles. The average molecular weight is 324 g/mol. The molecule has 0 aromatic carbocycles. The quantitative estimate of drug-likeness (QED) is 0.877. The first-order valence-corrected chi connectivity index (χ1v) is 8.71. The molecule has 22 heavy (non-hydrogen) atoms. The molecule has 1 amide bonds. The second-order valence-corrected chi connectivity index (χ2v) is 6.42. The zero-order chi connectivity index (χ0) is 15.5. The van der Waals surface area contributed by atoms with Crippen molar-refractivity contribution >= 4 is 23.8 Å². The number of H-pyrrole nitrogens is 1. The number of nitrogens with one attached hydrogen (secondary N) is 2. The van der Waals surface area contributed by atoms with Crippen molar-refractivity contribution in [2.75, 3.05) is 25.0 Å². The molecule has 0 radical (unpaired) electrons. The van der Waals surface area contributed by atoms with Gasteiger partial charge in [-0.15, -0.1) is 0 Å². The maximum absolute atomic E-state index is 12.0. The van der Waals surface area contributed by atoms with E-state index in [1.54, 1.807) is 23.6 Å². The third-order valence-electron chi connectivity index (χ3n) is 3.95. The van der Waals surface area contributed by atoms with E-state index in [9.17, 15) is 9.59 Å². The fourth-order valence-electron chi connectivity index (χ4n) is 2.75. The molecule has 0 saturated carbocycles. The van der Waals surface area contributed by atoms with Crippen molar-refractivity contribution in [2.24, 2.45) is 0 Å². The van der Waals surface area contributed by atoms with Crippen LogP contribution in [0.2, 0.25) is 0 Å². The highest BCUT2D eigenvalue weighted by atomic mass is 32.2. The molecule has 3 rings (SSSR count). The lowest BCUT2D eigenvalue weighted by molar-refractivity contribution is 0.0983. The van der Waals surface area contributed by atoms with E-state index in [1.807, 2.05) is 0 Å². The Morgan fingerprint density at radius 2 is 2.23 bits per heavy atom. The molecule has 0 unspecified atom stereocenters. The van der Waals surface area contributed by atoms with E-state index in [0.29, 0.717) is 25.6 Å². The average Bonchev–Trinajstić information content (AvgIpc) is 2.97. The summed E-state index contributed by atoms with van der Waals surface area (Å²) in [5.41, 5.74) is 1.65. The summed E-state index contributed by atoms with van der Waals surface area (Å²) >= 11 is 1.71. The normalized spacial score (nSPS) is 18.1. The third kappa shape index (κ3) is 3.21. The number of ether oxygens (including phenoxy) is 1. The van der Waals surface area contributed by atoms with Gasteiger partial charge in [0.05, 0.1) is 12.3 Å². The van der Waals surface area contributed by atoms with Gasteiger partial charge in [-0.3, -0.25) is 9.78 Å². The van der Waals surface area contributed by atoms with E-state index < -0.39 is 0 Å².